The van der Waals surface area contributed by atoms with Crippen LogP contribution in [0.2, 0.25) is 0 Å². The maximum Gasteiger partial charge on any atom is 0.330 e. The highest BCUT2D eigenvalue weighted by Crippen LogP contribution is 1.92. The van der Waals surface area contributed by atoms with E-state index >= 15 is 0 Å². The van der Waals surface area contributed by atoms with Gasteiger partial charge < -0.3 is 14.6 Å². The zero-order valence-corrected chi connectivity index (χ0v) is 9.15. The van der Waals surface area contributed by atoms with E-state index in [1.807, 2.05) is 0 Å². The summed E-state index contributed by atoms with van der Waals surface area (Å²) in [5, 5.41) is 9.32. The van der Waals surface area contributed by atoms with Crippen LogP contribution in [0.1, 0.15) is 19.8 Å². The molecule has 1 atom stereocenters. The Hall–Kier alpha value is -0.870. The summed E-state index contributed by atoms with van der Waals surface area (Å²) < 4.78 is 9.86. The van der Waals surface area contributed by atoms with Gasteiger partial charge >= 0.3 is 5.97 Å². The summed E-state index contributed by atoms with van der Waals surface area (Å²) >= 11 is 0. The molecule has 0 saturated heterocycles. The number of carbonyl (C=O) groups is 1. The van der Waals surface area contributed by atoms with Gasteiger partial charge in [0, 0.05) is 12.7 Å². The number of esters is 1. The maximum absolute atomic E-state index is 10.9. The van der Waals surface area contributed by atoms with Gasteiger partial charge in [0.25, 0.3) is 0 Å². The summed E-state index contributed by atoms with van der Waals surface area (Å²) in [6, 6.07) is 0. The van der Waals surface area contributed by atoms with Gasteiger partial charge in [-0.2, -0.15) is 0 Å². The average molecular weight is 215 g/mol. The number of ether oxygens (including phenoxy) is 2. The summed E-state index contributed by atoms with van der Waals surface area (Å²) in [5.74, 6) is -0.450. The van der Waals surface area contributed by atoms with Crippen LogP contribution in [0.15, 0.2) is 12.2 Å². The molecule has 0 aromatic heterocycles. The highest BCUT2D eigenvalue weighted by Gasteiger charge is 2.06. The van der Waals surface area contributed by atoms with Crippen molar-refractivity contribution in [3.05, 3.63) is 19.1 Å². The van der Waals surface area contributed by atoms with Gasteiger partial charge in [0.15, 0.2) is 0 Å². The maximum atomic E-state index is 10.9. The molecule has 0 aliphatic rings. The van der Waals surface area contributed by atoms with Crippen LogP contribution in [0.4, 0.5) is 0 Å². The first-order valence-corrected chi connectivity index (χ1v) is 5.05. The Bertz CT molecular complexity index is 189. The van der Waals surface area contributed by atoms with Gasteiger partial charge in [0.1, 0.15) is 12.7 Å². The molecule has 1 unspecified atom stereocenters. The van der Waals surface area contributed by atoms with Gasteiger partial charge in [-0.3, -0.25) is 0 Å². The molecule has 0 spiro atoms. The van der Waals surface area contributed by atoms with Crippen molar-refractivity contribution >= 4 is 5.97 Å². The van der Waals surface area contributed by atoms with Gasteiger partial charge in [0.2, 0.25) is 0 Å². The first kappa shape index (κ1) is 14.1. The first-order chi connectivity index (χ1) is 7.20. The molecule has 15 heavy (non-hydrogen) atoms. The second kappa shape index (κ2) is 9.68. The van der Waals surface area contributed by atoms with Crippen LogP contribution in [-0.2, 0) is 14.3 Å². The summed E-state index contributed by atoms with van der Waals surface area (Å²) in [6.45, 7) is 6.11. The topological polar surface area (TPSA) is 55.8 Å². The van der Waals surface area contributed by atoms with Gasteiger partial charge in [0.05, 0.1) is 6.61 Å². The van der Waals surface area contributed by atoms with Crippen molar-refractivity contribution in [1.29, 1.82) is 0 Å². The molecule has 0 aromatic rings. The zero-order chi connectivity index (χ0) is 11.5. The molecule has 87 valence electrons. The third kappa shape index (κ3) is 9.43. The van der Waals surface area contributed by atoms with Crippen molar-refractivity contribution < 1.29 is 19.4 Å². The van der Waals surface area contributed by atoms with Crippen molar-refractivity contribution in [1.82, 2.24) is 0 Å². The summed E-state index contributed by atoms with van der Waals surface area (Å²) in [6.07, 6.45) is 3.80. The number of rotatable bonds is 8. The van der Waals surface area contributed by atoms with Crippen LogP contribution in [0.3, 0.4) is 0 Å². The van der Waals surface area contributed by atoms with E-state index in [0.29, 0.717) is 6.61 Å². The normalized spacial score (nSPS) is 13.0. The number of hydrogen-bond acceptors (Lipinski definition) is 4. The molecule has 4 heteroatoms. The molecule has 1 radical (unpaired) electrons. The number of aliphatic hydroxyl groups is 1. The molecule has 4 nitrogen and oxygen atoms in total. The average Bonchev–Trinajstić information content (AvgIpc) is 2.22. The molecule has 0 amide bonds. The van der Waals surface area contributed by atoms with Gasteiger partial charge in [-0.05, 0) is 13.3 Å². The molecule has 0 fully saturated rings. The lowest BCUT2D eigenvalue weighted by Gasteiger charge is -2.10. The molecular formula is C11H19O4. The summed E-state index contributed by atoms with van der Waals surface area (Å²) in [7, 11) is 0. The number of carbonyl (C=O) groups excluding carboxylic acids is 1. The molecule has 0 rings (SSSR count). The predicted molar refractivity (Wildman–Crippen MR) is 57.2 cm³/mol. The monoisotopic (exact) mass is 215 g/mol. The van der Waals surface area contributed by atoms with Crippen LogP contribution < -0.4 is 0 Å². The largest absolute Gasteiger partial charge is 0.460 e. The van der Waals surface area contributed by atoms with E-state index in [1.54, 1.807) is 13.0 Å². The molecule has 0 aliphatic heterocycles. The predicted octanol–water partition coefficient (Wildman–Crippen LogP) is 1.10. The molecule has 0 aliphatic carbocycles. The first-order valence-electron chi connectivity index (χ1n) is 5.05. The van der Waals surface area contributed by atoms with E-state index in [9.17, 15) is 9.90 Å². The summed E-state index contributed by atoms with van der Waals surface area (Å²) in [5.41, 5.74) is 0. The van der Waals surface area contributed by atoms with Crippen LogP contribution in [0.25, 0.3) is 0 Å². The Kier molecular flexibility index (Phi) is 9.11. The Labute approximate surface area is 90.9 Å². The Morgan fingerprint density at radius 1 is 1.53 bits per heavy atom. The third-order valence-corrected chi connectivity index (χ3v) is 1.57. The lowest BCUT2D eigenvalue weighted by atomic mass is 10.3. The minimum absolute atomic E-state index is 0.0342. The van der Waals surface area contributed by atoms with E-state index in [2.05, 4.69) is 6.92 Å². The second-order valence-electron chi connectivity index (χ2n) is 3.07. The van der Waals surface area contributed by atoms with Gasteiger partial charge in [-0.1, -0.05) is 19.4 Å². The Morgan fingerprint density at radius 3 is 2.87 bits per heavy atom. The van der Waals surface area contributed by atoms with Crippen molar-refractivity contribution in [2.75, 3.05) is 19.8 Å². The summed E-state index contributed by atoms with van der Waals surface area (Å²) in [4.78, 5) is 10.9. The van der Waals surface area contributed by atoms with Crippen molar-refractivity contribution in [3.8, 4) is 0 Å². The van der Waals surface area contributed by atoms with Crippen LogP contribution in [0.5, 0.6) is 0 Å². The fourth-order valence-corrected chi connectivity index (χ4v) is 0.834. The van der Waals surface area contributed by atoms with E-state index < -0.39 is 12.1 Å². The molecule has 0 saturated carbocycles. The van der Waals surface area contributed by atoms with E-state index in [-0.39, 0.29) is 13.2 Å². The number of aliphatic hydroxyl groups excluding tert-OH is 1. The Balaban J connectivity index is 3.40. The molecule has 0 bridgehead atoms. The number of hydrogen-bond donors (Lipinski definition) is 1. The molecular weight excluding hydrogens is 196 g/mol. The van der Waals surface area contributed by atoms with Crippen molar-refractivity contribution in [3.63, 3.8) is 0 Å². The second-order valence-corrected chi connectivity index (χ2v) is 3.07. The number of unbranched alkanes of at least 4 members (excludes halogenated alkanes) is 1. The highest BCUT2D eigenvalue weighted by molar-refractivity contribution is 5.81. The third-order valence-electron chi connectivity index (χ3n) is 1.57. The van der Waals surface area contributed by atoms with Crippen LogP contribution in [-0.4, -0.2) is 37.0 Å². The molecule has 0 aromatic carbocycles. The SMILES string of the molecule is [CH2]CCCOCC(O)COC(=O)C=CC. The van der Waals surface area contributed by atoms with Crippen LogP contribution in [0, 0.1) is 6.92 Å². The lowest BCUT2D eigenvalue weighted by molar-refractivity contribution is -0.141. The van der Waals surface area contributed by atoms with Crippen molar-refractivity contribution in [2.24, 2.45) is 0 Å². The fraction of sp³-hybridized carbons (Fsp3) is 0.636. The molecule has 1 N–H and O–H groups in total. The van der Waals surface area contributed by atoms with E-state index in [1.165, 1.54) is 6.08 Å². The van der Waals surface area contributed by atoms with E-state index in [4.69, 9.17) is 9.47 Å². The lowest BCUT2D eigenvalue weighted by Crippen LogP contribution is -2.23. The zero-order valence-electron chi connectivity index (χ0n) is 9.15. The Morgan fingerprint density at radius 2 is 2.27 bits per heavy atom. The fourth-order valence-electron chi connectivity index (χ4n) is 0.834. The van der Waals surface area contributed by atoms with Gasteiger partial charge in [-0.25, -0.2) is 4.79 Å². The molecule has 0 heterocycles. The minimum atomic E-state index is -0.760. The van der Waals surface area contributed by atoms with Gasteiger partial charge in [-0.15, -0.1) is 0 Å². The smallest absolute Gasteiger partial charge is 0.330 e. The van der Waals surface area contributed by atoms with E-state index in [0.717, 1.165) is 12.8 Å². The quantitative estimate of drug-likeness (QED) is 0.374. The number of allylic oxidation sites excluding steroid dienone is 1. The van der Waals surface area contributed by atoms with Crippen molar-refractivity contribution in [2.45, 2.75) is 25.9 Å². The highest BCUT2D eigenvalue weighted by atomic mass is 16.5. The minimum Gasteiger partial charge on any atom is -0.460 e. The standard InChI is InChI=1S/C11H19O4/c1-3-5-7-14-8-10(12)9-15-11(13)6-4-2/h4,6,10,12H,1,3,5,7-9H2,2H3. The van der Waals surface area contributed by atoms with Crippen LogP contribution >= 0.6 is 0 Å².